The van der Waals surface area contributed by atoms with Crippen molar-refractivity contribution in [3.05, 3.63) is 29.3 Å². The number of rotatable bonds is 3. The molecule has 20 heavy (non-hydrogen) atoms. The molecular formula is C13H17F2NO3S. The number of benzene rings is 1. The summed E-state index contributed by atoms with van der Waals surface area (Å²) in [5.41, 5.74) is 0.0392. The zero-order valence-electron chi connectivity index (χ0n) is 11.0. The van der Waals surface area contributed by atoms with Crippen molar-refractivity contribution in [3.63, 3.8) is 0 Å². The molecule has 4 nitrogen and oxygen atoms in total. The molecule has 1 aromatic rings. The predicted molar refractivity (Wildman–Crippen MR) is 69.5 cm³/mol. The first-order valence-electron chi connectivity index (χ1n) is 6.55. The van der Waals surface area contributed by atoms with Crippen molar-refractivity contribution in [2.75, 3.05) is 13.1 Å². The Hall–Kier alpha value is -1.05. The predicted octanol–water partition coefficient (Wildman–Crippen LogP) is 2.02. The fraction of sp³-hybridized carbons (Fsp3) is 0.538. The Bertz CT molecular complexity index is 582. The molecule has 7 heteroatoms. The minimum atomic E-state index is -4.06. The second-order valence-corrected chi connectivity index (χ2v) is 6.77. The lowest BCUT2D eigenvalue weighted by Crippen LogP contribution is -2.32. The number of halogens is 2. The van der Waals surface area contributed by atoms with Gasteiger partial charge in [0.15, 0.2) is 11.6 Å². The summed E-state index contributed by atoms with van der Waals surface area (Å²) in [5.74, 6) is -2.64. The summed E-state index contributed by atoms with van der Waals surface area (Å²) in [6, 6.07) is 1.80. The van der Waals surface area contributed by atoms with Crippen LogP contribution in [-0.2, 0) is 16.6 Å². The molecule has 0 bridgehead atoms. The van der Waals surface area contributed by atoms with E-state index >= 15 is 0 Å². The fourth-order valence-corrected chi connectivity index (χ4v) is 3.96. The smallest absolute Gasteiger partial charge is 0.246 e. The van der Waals surface area contributed by atoms with Gasteiger partial charge in [0.05, 0.1) is 6.61 Å². The van der Waals surface area contributed by atoms with Gasteiger partial charge in [0.2, 0.25) is 10.0 Å². The van der Waals surface area contributed by atoms with Gasteiger partial charge >= 0.3 is 0 Å². The number of sulfonamides is 1. The molecule has 0 radical (unpaired) electrons. The molecule has 2 rings (SSSR count). The molecule has 0 aromatic heterocycles. The van der Waals surface area contributed by atoms with Gasteiger partial charge in [-0.15, -0.1) is 0 Å². The monoisotopic (exact) mass is 305 g/mol. The van der Waals surface area contributed by atoms with Crippen molar-refractivity contribution in [1.82, 2.24) is 4.31 Å². The van der Waals surface area contributed by atoms with Gasteiger partial charge in [-0.05, 0) is 30.5 Å². The Balaban J connectivity index is 2.45. The maximum atomic E-state index is 13.8. The molecule has 1 aliphatic heterocycles. The van der Waals surface area contributed by atoms with Gasteiger partial charge in [-0.2, -0.15) is 4.31 Å². The zero-order chi connectivity index (χ0) is 14.8. The van der Waals surface area contributed by atoms with E-state index in [1.807, 2.05) is 0 Å². The molecule has 0 unspecified atom stereocenters. The number of aliphatic hydroxyl groups excluding tert-OH is 1. The summed E-state index contributed by atoms with van der Waals surface area (Å²) in [6.07, 6.45) is 3.28. The highest BCUT2D eigenvalue weighted by Crippen LogP contribution is 2.25. The summed E-state index contributed by atoms with van der Waals surface area (Å²) >= 11 is 0. The van der Waals surface area contributed by atoms with Crippen LogP contribution < -0.4 is 0 Å². The lowest BCUT2D eigenvalue weighted by Gasteiger charge is -2.20. The minimum absolute atomic E-state index is 0.0392. The lowest BCUT2D eigenvalue weighted by molar-refractivity contribution is 0.280. The van der Waals surface area contributed by atoms with E-state index in [9.17, 15) is 17.2 Å². The number of nitrogens with zero attached hydrogens (tertiary/aromatic N) is 1. The molecule has 0 spiro atoms. The highest BCUT2D eigenvalue weighted by atomic mass is 32.2. The third-order valence-corrected chi connectivity index (χ3v) is 5.32. The number of hydrogen-bond donors (Lipinski definition) is 1. The molecule has 1 aliphatic rings. The van der Waals surface area contributed by atoms with Gasteiger partial charge in [0, 0.05) is 13.1 Å². The molecule has 0 atom stereocenters. The molecule has 1 heterocycles. The summed E-state index contributed by atoms with van der Waals surface area (Å²) in [6.45, 7) is 0.0825. The highest BCUT2D eigenvalue weighted by Gasteiger charge is 2.29. The average Bonchev–Trinajstić information content (AvgIpc) is 2.70. The van der Waals surface area contributed by atoms with E-state index in [1.165, 1.54) is 4.31 Å². The third-order valence-electron chi connectivity index (χ3n) is 3.42. The summed E-state index contributed by atoms with van der Waals surface area (Å²) in [4.78, 5) is -0.691. The molecule has 1 aromatic carbocycles. The maximum Gasteiger partial charge on any atom is 0.246 e. The minimum Gasteiger partial charge on any atom is -0.392 e. The SMILES string of the molecule is O=S(=O)(c1cc(CO)cc(F)c1F)N1CCCCCC1. The van der Waals surface area contributed by atoms with Crippen molar-refractivity contribution in [2.45, 2.75) is 37.2 Å². The first-order valence-corrected chi connectivity index (χ1v) is 7.99. The van der Waals surface area contributed by atoms with E-state index < -0.39 is 33.2 Å². The number of hydrogen-bond acceptors (Lipinski definition) is 3. The standard InChI is InChI=1S/C13H17F2NO3S/c14-11-7-10(9-17)8-12(13(11)15)20(18,19)16-5-3-1-2-4-6-16/h7-8,17H,1-6,9H2. The van der Waals surface area contributed by atoms with Crippen LogP contribution in [0.4, 0.5) is 8.78 Å². The van der Waals surface area contributed by atoms with Crippen LogP contribution >= 0.6 is 0 Å². The first-order chi connectivity index (χ1) is 9.46. The van der Waals surface area contributed by atoms with E-state index in [4.69, 9.17) is 5.11 Å². The van der Waals surface area contributed by atoms with Crippen LogP contribution in [0.2, 0.25) is 0 Å². The summed E-state index contributed by atoms with van der Waals surface area (Å²) in [7, 11) is -4.06. The molecular weight excluding hydrogens is 288 g/mol. The van der Waals surface area contributed by atoms with Gasteiger partial charge < -0.3 is 5.11 Å². The van der Waals surface area contributed by atoms with Crippen LogP contribution in [0.5, 0.6) is 0 Å². The van der Waals surface area contributed by atoms with Gasteiger partial charge in [0.1, 0.15) is 4.90 Å². The Morgan fingerprint density at radius 2 is 1.70 bits per heavy atom. The third kappa shape index (κ3) is 2.99. The van der Waals surface area contributed by atoms with E-state index in [0.717, 1.165) is 25.0 Å². The highest BCUT2D eigenvalue weighted by molar-refractivity contribution is 7.89. The zero-order valence-corrected chi connectivity index (χ0v) is 11.8. The Morgan fingerprint density at radius 3 is 2.25 bits per heavy atom. The lowest BCUT2D eigenvalue weighted by atomic mass is 10.2. The second kappa shape index (κ2) is 6.15. The summed E-state index contributed by atoms with van der Waals surface area (Å²) in [5, 5.41) is 9.00. The van der Waals surface area contributed by atoms with Crippen LogP contribution in [0.25, 0.3) is 0 Å². The molecule has 1 saturated heterocycles. The van der Waals surface area contributed by atoms with Crippen molar-refractivity contribution in [3.8, 4) is 0 Å². The quantitative estimate of drug-likeness (QED) is 0.929. The molecule has 0 amide bonds. The first kappa shape index (κ1) is 15.3. The van der Waals surface area contributed by atoms with Gasteiger partial charge in [-0.1, -0.05) is 12.8 Å². The molecule has 1 fully saturated rings. The second-order valence-electron chi connectivity index (χ2n) is 4.87. The Morgan fingerprint density at radius 1 is 1.10 bits per heavy atom. The van der Waals surface area contributed by atoms with Crippen LogP contribution in [-0.4, -0.2) is 30.9 Å². The number of aliphatic hydroxyl groups is 1. The van der Waals surface area contributed by atoms with Crippen molar-refractivity contribution < 1.29 is 22.3 Å². The Kier molecular flexibility index (Phi) is 4.72. The van der Waals surface area contributed by atoms with Gasteiger partial charge in [-0.25, -0.2) is 17.2 Å². The van der Waals surface area contributed by atoms with Crippen molar-refractivity contribution in [2.24, 2.45) is 0 Å². The van der Waals surface area contributed by atoms with E-state index in [1.54, 1.807) is 0 Å². The van der Waals surface area contributed by atoms with Crippen LogP contribution in [0.1, 0.15) is 31.2 Å². The topological polar surface area (TPSA) is 57.6 Å². The van der Waals surface area contributed by atoms with Crippen molar-refractivity contribution >= 4 is 10.0 Å². The maximum absolute atomic E-state index is 13.8. The largest absolute Gasteiger partial charge is 0.392 e. The summed E-state index contributed by atoms with van der Waals surface area (Å²) < 4.78 is 53.3. The molecule has 0 aliphatic carbocycles. The van der Waals surface area contributed by atoms with Crippen LogP contribution in [0.3, 0.4) is 0 Å². The van der Waals surface area contributed by atoms with Gasteiger partial charge in [-0.3, -0.25) is 0 Å². The molecule has 112 valence electrons. The van der Waals surface area contributed by atoms with E-state index in [0.29, 0.717) is 25.9 Å². The van der Waals surface area contributed by atoms with Gasteiger partial charge in [0.25, 0.3) is 0 Å². The average molecular weight is 305 g/mol. The van der Waals surface area contributed by atoms with Crippen molar-refractivity contribution in [1.29, 1.82) is 0 Å². The fourth-order valence-electron chi connectivity index (χ4n) is 2.32. The van der Waals surface area contributed by atoms with E-state index in [2.05, 4.69) is 0 Å². The van der Waals surface area contributed by atoms with Crippen LogP contribution in [0.15, 0.2) is 17.0 Å². The normalized spacial score (nSPS) is 17.9. The van der Waals surface area contributed by atoms with E-state index in [-0.39, 0.29) is 5.56 Å². The van der Waals surface area contributed by atoms with Crippen LogP contribution in [0, 0.1) is 11.6 Å². The Labute approximate surface area is 117 Å². The molecule has 0 saturated carbocycles. The molecule has 1 N–H and O–H groups in total.